The summed E-state index contributed by atoms with van der Waals surface area (Å²) >= 11 is 5.90. The zero-order chi connectivity index (χ0) is 14.7. The number of nitrogens with one attached hydrogen (secondary N) is 1. The molecule has 2 aromatic rings. The monoisotopic (exact) mass is 302 g/mol. The quantitative estimate of drug-likeness (QED) is 0.942. The van der Waals surface area contributed by atoms with E-state index in [1.54, 1.807) is 12.4 Å². The van der Waals surface area contributed by atoms with Crippen LogP contribution < -0.4 is 10.2 Å². The Morgan fingerprint density at radius 3 is 2.76 bits per heavy atom. The van der Waals surface area contributed by atoms with Gasteiger partial charge in [-0.2, -0.15) is 0 Å². The van der Waals surface area contributed by atoms with Crippen molar-refractivity contribution in [2.24, 2.45) is 0 Å². The SMILES string of the molecule is Cc1cccc(NC2CCN(c3cncc(Cl)n3)CC2)c1. The molecule has 0 aliphatic carbocycles. The summed E-state index contributed by atoms with van der Waals surface area (Å²) < 4.78 is 0. The maximum Gasteiger partial charge on any atom is 0.149 e. The number of hydrogen-bond acceptors (Lipinski definition) is 4. The number of hydrogen-bond donors (Lipinski definition) is 1. The molecule has 2 heterocycles. The van der Waals surface area contributed by atoms with Crippen molar-refractivity contribution in [2.75, 3.05) is 23.3 Å². The van der Waals surface area contributed by atoms with E-state index < -0.39 is 0 Å². The lowest BCUT2D eigenvalue weighted by molar-refractivity contribution is 0.523. The van der Waals surface area contributed by atoms with Gasteiger partial charge < -0.3 is 10.2 Å². The Morgan fingerprint density at radius 2 is 2.05 bits per heavy atom. The van der Waals surface area contributed by atoms with Gasteiger partial charge >= 0.3 is 0 Å². The van der Waals surface area contributed by atoms with Crippen LogP contribution in [-0.4, -0.2) is 29.1 Å². The second-order valence-electron chi connectivity index (χ2n) is 5.48. The van der Waals surface area contributed by atoms with Gasteiger partial charge in [-0.25, -0.2) is 4.98 Å². The molecule has 4 nitrogen and oxygen atoms in total. The minimum Gasteiger partial charge on any atom is -0.382 e. The molecule has 0 bridgehead atoms. The zero-order valence-electron chi connectivity index (χ0n) is 12.1. The fraction of sp³-hybridized carbons (Fsp3) is 0.375. The number of nitrogens with zero attached hydrogens (tertiary/aromatic N) is 3. The van der Waals surface area contributed by atoms with Gasteiger partial charge in [0.25, 0.3) is 0 Å². The molecule has 0 amide bonds. The van der Waals surface area contributed by atoms with Gasteiger partial charge in [0.15, 0.2) is 0 Å². The third kappa shape index (κ3) is 3.64. The van der Waals surface area contributed by atoms with Crippen LogP contribution in [-0.2, 0) is 0 Å². The van der Waals surface area contributed by atoms with Crippen molar-refractivity contribution in [1.29, 1.82) is 0 Å². The average molecular weight is 303 g/mol. The topological polar surface area (TPSA) is 41.0 Å². The van der Waals surface area contributed by atoms with Gasteiger partial charge in [-0.05, 0) is 37.5 Å². The molecule has 0 spiro atoms. The standard InChI is InChI=1S/C16H19ClN4/c1-12-3-2-4-14(9-12)19-13-5-7-21(8-6-13)16-11-18-10-15(17)20-16/h2-4,9-11,13,19H,5-8H2,1H3. The third-order valence-electron chi connectivity index (χ3n) is 3.80. The molecular weight excluding hydrogens is 284 g/mol. The lowest BCUT2D eigenvalue weighted by Crippen LogP contribution is -2.39. The molecule has 5 heteroatoms. The van der Waals surface area contributed by atoms with Crippen molar-refractivity contribution in [3.8, 4) is 0 Å². The molecule has 3 rings (SSSR count). The molecule has 1 aromatic carbocycles. The lowest BCUT2D eigenvalue weighted by Gasteiger charge is -2.33. The highest BCUT2D eigenvalue weighted by Crippen LogP contribution is 2.21. The predicted molar refractivity (Wildman–Crippen MR) is 87.1 cm³/mol. The van der Waals surface area contributed by atoms with Crippen LogP contribution in [0.25, 0.3) is 0 Å². The first-order valence-corrected chi connectivity index (χ1v) is 7.64. The summed E-state index contributed by atoms with van der Waals surface area (Å²) in [5.74, 6) is 0.872. The normalized spacial score (nSPS) is 16.0. The molecule has 1 aliphatic heterocycles. The molecule has 1 fully saturated rings. The number of rotatable bonds is 3. The highest BCUT2D eigenvalue weighted by Gasteiger charge is 2.20. The van der Waals surface area contributed by atoms with E-state index in [2.05, 4.69) is 51.4 Å². The second kappa shape index (κ2) is 6.31. The fourth-order valence-corrected chi connectivity index (χ4v) is 2.85. The van der Waals surface area contributed by atoms with Gasteiger partial charge in [0.05, 0.1) is 12.4 Å². The largest absolute Gasteiger partial charge is 0.382 e. The van der Waals surface area contributed by atoms with E-state index in [4.69, 9.17) is 11.6 Å². The Labute approximate surface area is 130 Å². The molecular formula is C16H19ClN4. The van der Waals surface area contributed by atoms with Crippen LogP contribution in [0.2, 0.25) is 5.15 Å². The predicted octanol–water partition coefficient (Wildman–Crippen LogP) is 3.52. The number of halogens is 1. The molecule has 21 heavy (non-hydrogen) atoms. The Hall–Kier alpha value is -1.81. The number of aryl methyl sites for hydroxylation is 1. The third-order valence-corrected chi connectivity index (χ3v) is 3.98. The summed E-state index contributed by atoms with van der Waals surface area (Å²) in [7, 11) is 0. The van der Waals surface area contributed by atoms with Gasteiger partial charge in [0, 0.05) is 24.8 Å². The van der Waals surface area contributed by atoms with Crippen LogP contribution >= 0.6 is 11.6 Å². The second-order valence-corrected chi connectivity index (χ2v) is 5.86. The maximum atomic E-state index is 5.90. The van der Waals surface area contributed by atoms with Crippen molar-refractivity contribution in [2.45, 2.75) is 25.8 Å². The van der Waals surface area contributed by atoms with E-state index in [9.17, 15) is 0 Å². The minimum absolute atomic E-state index is 0.451. The summed E-state index contributed by atoms with van der Waals surface area (Å²) in [6.07, 6.45) is 5.52. The van der Waals surface area contributed by atoms with Gasteiger partial charge in [-0.1, -0.05) is 23.7 Å². The van der Waals surface area contributed by atoms with Gasteiger partial charge in [0.2, 0.25) is 0 Å². The van der Waals surface area contributed by atoms with Crippen LogP contribution in [0, 0.1) is 6.92 Å². The number of piperidine rings is 1. The van der Waals surface area contributed by atoms with Gasteiger partial charge in [-0.15, -0.1) is 0 Å². The van der Waals surface area contributed by atoms with Crippen LogP contribution in [0.3, 0.4) is 0 Å². The van der Waals surface area contributed by atoms with Crippen molar-refractivity contribution in [3.05, 3.63) is 47.4 Å². The van der Waals surface area contributed by atoms with E-state index in [0.29, 0.717) is 11.2 Å². The molecule has 1 aromatic heterocycles. The summed E-state index contributed by atoms with van der Waals surface area (Å²) in [5, 5.41) is 4.07. The first-order valence-electron chi connectivity index (χ1n) is 7.26. The van der Waals surface area contributed by atoms with E-state index in [1.165, 1.54) is 11.3 Å². The Kier molecular flexibility index (Phi) is 4.25. The van der Waals surface area contributed by atoms with Gasteiger partial charge in [-0.3, -0.25) is 4.98 Å². The summed E-state index contributed by atoms with van der Waals surface area (Å²) in [6.45, 7) is 4.06. The number of benzene rings is 1. The summed E-state index contributed by atoms with van der Waals surface area (Å²) in [4.78, 5) is 10.7. The van der Waals surface area contributed by atoms with Crippen LogP contribution in [0.5, 0.6) is 0 Å². The van der Waals surface area contributed by atoms with Crippen molar-refractivity contribution >= 4 is 23.1 Å². The molecule has 1 aliphatic rings. The Bertz CT molecular complexity index is 609. The molecule has 110 valence electrons. The number of aromatic nitrogens is 2. The molecule has 1 saturated heterocycles. The minimum atomic E-state index is 0.451. The summed E-state index contributed by atoms with van der Waals surface area (Å²) in [6, 6.07) is 9.03. The Balaban J connectivity index is 1.58. The van der Waals surface area contributed by atoms with Crippen LogP contribution in [0.1, 0.15) is 18.4 Å². The van der Waals surface area contributed by atoms with E-state index in [-0.39, 0.29) is 0 Å². The summed E-state index contributed by atoms with van der Waals surface area (Å²) in [5.41, 5.74) is 2.49. The highest BCUT2D eigenvalue weighted by molar-refractivity contribution is 6.29. The molecule has 0 unspecified atom stereocenters. The van der Waals surface area contributed by atoms with Gasteiger partial charge in [0.1, 0.15) is 11.0 Å². The molecule has 1 N–H and O–H groups in total. The first-order chi connectivity index (χ1) is 10.2. The van der Waals surface area contributed by atoms with E-state index >= 15 is 0 Å². The van der Waals surface area contributed by atoms with Crippen LogP contribution in [0.4, 0.5) is 11.5 Å². The van der Waals surface area contributed by atoms with Crippen molar-refractivity contribution < 1.29 is 0 Å². The molecule has 0 saturated carbocycles. The fourth-order valence-electron chi connectivity index (χ4n) is 2.71. The van der Waals surface area contributed by atoms with Crippen molar-refractivity contribution in [1.82, 2.24) is 9.97 Å². The lowest BCUT2D eigenvalue weighted by atomic mass is 10.0. The van der Waals surface area contributed by atoms with Crippen LogP contribution in [0.15, 0.2) is 36.7 Å². The van der Waals surface area contributed by atoms with E-state index in [1.807, 2.05) is 0 Å². The maximum absolute atomic E-state index is 5.90. The number of anilines is 2. The highest BCUT2D eigenvalue weighted by atomic mass is 35.5. The molecule has 0 atom stereocenters. The zero-order valence-corrected chi connectivity index (χ0v) is 12.8. The molecule has 0 radical (unpaired) electrons. The average Bonchev–Trinajstić information content (AvgIpc) is 2.48. The van der Waals surface area contributed by atoms with E-state index in [0.717, 1.165) is 31.7 Å². The Morgan fingerprint density at radius 1 is 1.24 bits per heavy atom. The first kappa shape index (κ1) is 14.1. The van der Waals surface area contributed by atoms with Crippen molar-refractivity contribution in [3.63, 3.8) is 0 Å². The smallest absolute Gasteiger partial charge is 0.149 e.